The smallest absolute Gasteiger partial charge is 0.234 e. The van der Waals surface area contributed by atoms with Gasteiger partial charge in [-0.15, -0.1) is 0 Å². The lowest BCUT2D eigenvalue weighted by Crippen LogP contribution is -2.41. The Morgan fingerprint density at radius 1 is 1.24 bits per heavy atom. The molecule has 0 atom stereocenters. The second kappa shape index (κ2) is 9.40. The zero-order valence-electron chi connectivity index (χ0n) is 13.6. The van der Waals surface area contributed by atoms with E-state index in [1.807, 2.05) is 24.3 Å². The van der Waals surface area contributed by atoms with Crippen LogP contribution in [0.25, 0.3) is 0 Å². The summed E-state index contributed by atoms with van der Waals surface area (Å²) in [6, 6.07) is 8.13. The van der Waals surface area contributed by atoms with Crippen LogP contribution in [-0.4, -0.2) is 29.9 Å². The van der Waals surface area contributed by atoms with Crippen LogP contribution >= 0.6 is 0 Å². The number of para-hydroxylation sites is 1. The predicted octanol–water partition coefficient (Wildman–Crippen LogP) is 2.79. The van der Waals surface area contributed by atoms with E-state index in [1.54, 1.807) is 0 Å². The Labute approximate surface area is 128 Å². The number of hydrogen-bond donors (Lipinski definition) is 2. The molecule has 3 N–H and O–H groups in total. The second-order valence-electron chi connectivity index (χ2n) is 5.49. The summed E-state index contributed by atoms with van der Waals surface area (Å²) >= 11 is 0. The molecule has 4 heteroatoms. The first-order valence-electron chi connectivity index (χ1n) is 7.95. The third kappa shape index (κ3) is 6.17. The number of nitrogens with two attached hydrogens (primary N) is 1. The van der Waals surface area contributed by atoms with Gasteiger partial charge >= 0.3 is 0 Å². The predicted molar refractivity (Wildman–Crippen MR) is 88.9 cm³/mol. The van der Waals surface area contributed by atoms with E-state index in [-0.39, 0.29) is 11.9 Å². The van der Waals surface area contributed by atoms with Crippen LogP contribution in [0.15, 0.2) is 24.3 Å². The summed E-state index contributed by atoms with van der Waals surface area (Å²) in [6.45, 7) is 8.37. The molecule has 118 valence electrons. The van der Waals surface area contributed by atoms with Gasteiger partial charge in [0.05, 0.1) is 6.54 Å². The Kier molecular flexibility index (Phi) is 7.83. The van der Waals surface area contributed by atoms with Crippen molar-refractivity contribution in [3.8, 4) is 0 Å². The molecule has 0 saturated carbocycles. The highest BCUT2D eigenvalue weighted by atomic mass is 16.2. The Balaban J connectivity index is 2.61. The van der Waals surface area contributed by atoms with Crippen molar-refractivity contribution in [2.75, 3.05) is 18.8 Å². The van der Waals surface area contributed by atoms with Gasteiger partial charge in [-0.2, -0.15) is 0 Å². The first kappa shape index (κ1) is 17.5. The maximum atomic E-state index is 12.1. The van der Waals surface area contributed by atoms with E-state index < -0.39 is 0 Å². The van der Waals surface area contributed by atoms with Gasteiger partial charge < -0.3 is 11.1 Å². The molecule has 4 nitrogen and oxygen atoms in total. The summed E-state index contributed by atoms with van der Waals surface area (Å²) in [6.07, 6.45) is 2.97. The zero-order chi connectivity index (χ0) is 15.7. The highest BCUT2D eigenvalue weighted by molar-refractivity contribution is 5.78. The molecule has 1 rings (SSSR count). The number of amides is 1. The van der Waals surface area contributed by atoms with Crippen LogP contribution < -0.4 is 11.1 Å². The van der Waals surface area contributed by atoms with Gasteiger partial charge in [0, 0.05) is 18.3 Å². The first-order valence-corrected chi connectivity index (χ1v) is 7.95. The highest BCUT2D eigenvalue weighted by Crippen LogP contribution is 2.13. The van der Waals surface area contributed by atoms with Crippen LogP contribution in [0.5, 0.6) is 0 Å². The number of carbonyl (C=O) groups excluding carboxylic acids is 1. The lowest BCUT2D eigenvalue weighted by molar-refractivity contribution is -0.123. The Hall–Kier alpha value is -1.55. The number of nitrogens with zero attached hydrogens (tertiary/aromatic N) is 1. The van der Waals surface area contributed by atoms with Crippen LogP contribution in [0.4, 0.5) is 5.69 Å². The highest BCUT2D eigenvalue weighted by Gasteiger charge is 2.14. The monoisotopic (exact) mass is 291 g/mol. The molecule has 0 fully saturated rings. The van der Waals surface area contributed by atoms with Crippen molar-refractivity contribution < 1.29 is 4.79 Å². The van der Waals surface area contributed by atoms with E-state index >= 15 is 0 Å². The number of hydrogen-bond acceptors (Lipinski definition) is 3. The second-order valence-corrected chi connectivity index (χ2v) is 5.49. The molecule has 1 amide bonds. The quantitative estimate of drug-likeness (QED) is 0.688. The topological polar surface area (TPSA) is 58.4 Å². The van der Waals surface area contributed by atoms with Gasteiger partial charge in [0.15, 0.2) is 0 Å². The molecule has 0 unspecified atom stereocenters. The fourth-order valence-electron chi connectivity index (χ4n) is 2.42. The molecule has 0 heterocycles. The van der Waals surface area contributed by atoms with Gasteiger partial charge in [0.2, 0.25) is 5.91 Å². The molecule has 0 bridgehead atoms. The minimum absolute atomic E-state index is 0.103. The van der Waals surface area contributed by atoms with Crippen molar-refractivity contribution >= 4 is 11.6 Å². The molecule has 0 radical (unpaired) electrons. The molecule has 0 aliphatic rings. The normalized spacial score (nSPS) is 11.1. The van der Waals surface area contributed by atoms with Crippen LogP contribution in [-0.2, 0) is 11.3 Å². The first-order chi connectivity index (χ1) is 10.1. The average Bonchev–Trinajstić information content (AvgIpc) is 2.47. The summed E-state index contributed by atoms with van der Waals surface area (Å²) in [4.78, 5) is 14.3. The molecule has 0 saturated heterocycles. The largest absolute Gasteiger partial charge is 0.398 e. The molecule has 1 aromatic carbocycles. The standard InChI is InChI=1S/C17H29N3O/c1-4-11-20(12-14-9-7-8-10-16(14)18)13-17(21)19-15(5-2)6-3/h7-10,15H,4-6,11-13,18H2,1-3H3,(H,19,21). The van der Waals surface area contributed by atoms with Crippen molar-refractivity contribution in [3.05, 3.63) is 29.8 Å². The van der Waals surface area contributed by atoms with Gasteiger partial charge in [0.1, 0.15) is 0 Å². The van der Waals surface area contributed by atoms with Crippen molar-refractivity contribution in [2.45, 2.75) is 52.6 Å². The summed E-state index contributed by atoms with van der Waals surface area (Å²) in [5.41, 5.74) is 7.87. The van der Waals surface area contributed by atoms with E-state index in [2.05, 4.69) is 31.0 Å². The minimum Gasteiger partial charge on any atom is -0.398 e. The van der Waals surface area contributed by atoms with Gasteiger partial charge in [-0.3, -0.25) is 9.69 Å². The third-order valence-corrected chi connectivity index (χ3v) is 3.71. The van der Waals surface area contributed by atoms with Crippen LogP contribution in [0.3, 0.4) is 0 Å². The number of benzene rings is 1. The molecule has 0 aliphatic heterocycles. The van der Waals surface area contributed by atoms with Crippen molar-refractivity contribution in [3.63, 3.8) is 0 Å². The Morgan fingerprint density at radius 2 is 1.90 bits per heavy atom. The van der Waals surface area contributed by atoms with Gasteiger partial charge in [0.25, 0.3) is 0 Å². The Morgan fingerprint density at radius 3 is 2.48 bits per heavy atom. The van der Waals surface area contributed by atoms with Crippen LogP contribution in [0.2, 0.25) is 0 Å². The zero-order valence-corrected chi connectivity index (χ0v) is 13.6. The van der Waals surface area contributed by atoms with E-state index in [1.165, 1.54) is 0 Å². The maximum absolute atomic E-state index is 12.1. The van der Waals surface area contributed by atoms with Crippen molar-refractivity contribution in [1.82, 2.24) is 10.2 Å². The molecule has 0 spiro atoms. The number of carbonyl (C=O) groups is 1. The van der Waals surface area contributed by atoms with E-state index in [4.69, 9.17) is 5.73 Å². The minimum atomic E-state index is 0.103. The molecule has 21 heavy (non-hydrogen) atoms. The van der Waals surface area contributed by atoms with Gasteiger partial charge in [-0.05, 0) is 37.4 Å². The van der Waals surface area contributed by atoms with E-state index in [0.717, 1.165) is 43.6 Å². The number of nitrogens with one attached hydrogen (secondary N) is 1. The van der Waals surface area contributed by atoms with Crippen molar-refractivity contribution in [2.24, 2.45) is 0 Å². The van der Waals surface area contributed by atoms with Gasteiger partial charge in [-0.1, -0.05) is 39.0 Å². The van der Waals surface area contributed by atoms with E-state index in [9.17, 15) is 4.79 Å². The summed E-state index contributed by atoms with van der Waals surface area (Å²) in [7, 11) is 0. The molecule has 0 aliphatic carbocycles. The fraction of sp³-hybridized carbons (Fsp3) is 0.588. The fourth-order valence-corrected chi connectivity index (χ4v) is 2.42. The Bertz CT molecular complexity index is 430. The molecular weight excluding hydrogens is 262 g/mol. The molecule has 0 aromatic heterocycles. The molecule has 1 aromatic rings. The van der Waals surface area contributed by atoms with Crippen LogP contribution in [0.1, 0.15) is 45.6 Å². The van der Waals surface area contributed by atoms with Crippen LogP contribution in [0, 0.1) is 0 Å². The third-order valence-electron chi connectivity index (χ3n) is 3.71. The summed E-state index contributed by atoms with van der Waals surface area (Å²) in [5.74, 6) is 0.103. The number of rotatable bonds is 9. The SMILES string of the molecule is CCCN(CC(=O)NC(CC)CC)Cc1ccccc1N. The lowest BCUT2D eigenvalue weighted by atomic mass is 10.1. The maximum Gasteiger partial charge on any atom is 0.234 e. The van der Waals surface area contributed by atoms with Crippen molar-refractivity contribution in [1.29, 1.82) is 0 Å². The molecular formula is C17H29N3O. The lowest BCUT2D eigenvalue weighted by Gasteiger charge is -2.23. The van der Waals surface area contributed by atoms with E-state index in [0.29, 0.717) is 6.54 Å². The number of nitrogen functional groups attached to an aromatic ring is 1. The van der Waals surface area contributed by atoms with Gasteiger partial charge in [-0.25, -0.2) is 0 Å². The average molecular weight is 291 g/mol. The number of anilines is 1. The summed E-state index contributed by atoms with van der Waals surface area (Å²) < 4.78 is 0. The summed E-state index contributed by atoms with van der Waals surface area (Å²) in [5, 5.41) is 3.09.